The van der Waals surface area contributed by atoms with Crippen molar-refractivity contribution in [2.45, 2.75) is 56.7 Å². The van der Waals surface area contributed by atoms with E-state index < -0.39 is 11.5 Å². The molecule has 5 nitrogen and oxygen atoms in total. The lowest BCUT2D eigenvalue weighted by atomic mass is 9.97. The van der Waals surface area contributed by atoms with E-state index in [4.69, 9.17) is 10.8 Å². The smallest absolute Gasteiger partial charge is 0.323 e. The summed E-state index contributed by atoms with van der Waals surface area (Å²) >= 11 is 0. The van der Waals surface area contributed by atoms with Crippen LogP contribution in [-0.2, 0) is 4.79 Å². The molecule has 2 fully saturated rings. The fourth-order valence-electron chi connectivity index (χ4n) is 3.36. The second kappa shape index (κ2) is 5.77. The summed E-state index contributed by atoms with van der Waals surface area (Å²) in [6.07, 6.45) is 5.30. The Morgan fingerprint density at radius 2 is 2.05 bits per heavy atom. The number of fused-ring (bicyclic) bond motifs is 2. The van der Waals surface area contributed by atoms with Gasteiger partial charge in [0.1, 0.15) is 5.54 Å². The predicted octanol–water partition coefficient (Wildman–Crippen LogP) is 0.737. The Balaban J connectivity index is 1.77. The van der Waals surface area contributed by atoms with E-state index in [2.05, 4.69) is 16.8 Å². The first-order valence-electron chi connectivity index (χ1n) is 7.37. The van der Waals surface area contributed by atoms with Gasteiger partial charge in [-0.25, -0.2) is 0 Å². The Labute approximate surface area is 115 Å². The number of carboxylic acids is 1. The standard InChI is InChI=1S/C14H27N3O2/c1-14(15,13(18)19)7-3-8-17-9-6-11-4-5-12(10-17)16(11)2/h11-12H,3-10,15H2,1-2H3,(H,18,19). The van der Waals surface area contributed by atoms with Crippen molar-refractivity contribution in [3.8, 4) is 0 Å². The first kappa shape index (κ1) is 14.8. The van der Waals surface area contributed by atoms with Gasteiger partial charge in [0.15, 0.2) is 0 Å². The number of likely N-dealkylation sites (N-methyl/N-ethyl adjacent to an activating group) is 1. The van der Waals surface area contributed by atoms with E-state index in [1.165, 1.54) is 19.3 Å². The van der Waals surface area contributed by atoms with Crippen LogP contribution in [0.4, 0.5) is 0 Å². The van der Waals surface area contributed by atoms with Crippen LogP contribution in [0.15, 0.2) is 0 Å². The van der Waals surface area contributed by atoms with Crippen molar-refractivity contribution in [3.05, 3.63) is 0 Å². The second-order valence-corrected chi connectivity index (χ2v) is 6.47. The van der Waals surface area contributed by atoms with Gasteiger partial charge >= 0.3 is 5.97 Å². The number of carbonyl (C=O) groups is 1. The molecule has 0 saturated carbocycles. The maximum Gasteiger partial charge on any atom is 0.323 e. The Morgan fingerprint density at radius 1 is 1.37 bits per heavy atom. The molecule has 2 aliphatic heterocycles. The molecule has 0 spiro atoms. The van der Waals surface area contributed by atoms with Gasteiger partial charge in [-0.3, -0.25) is 9.69 Å². The summed E-state index contributed by atoms with van der Waals surface area (Å²) in [6.45, 7) is 4.84. The number of rotatable bonds is 5. The van der Waals surface area contributed by atoms with Crippen molar-refractivity contribution in [1.29, 1.82) is 0 Å². The van der Waals surface area contributed by atoms with E-state index in [-0.39, 0.29) is 0 Å². The largest absolute Gasteiger partial charge is 0.480 e. The summed E-state index contributed by atoms with van der Waals surface area (Å²) in [7, 11) is 2.24. The molecule has 2 heterocycles. The third kappa shape index (κ3) is 3.46. The van der Waals surface area contributed by atoms with Crippen LogP contribution >= 0.6 is 0 Å². The SMILES string of the molecule is CN1C2CCC1CN(CCCC(C)(N)C(=O)O)CC2. The summed E-state index contributed by atoms with van der Waals surface area (Å²) < 4.78 is 0. The average molecular weight is 269 g/mol. The molecule has 0 aromatic carbocycles. The molecule has 2 bridgehead atoms. The van der Waals surface area contributed by atoms with Crippen molar-refractivity contribution in [1.82, 2.24) is 9.80 Å². The van der Waals surface area contributed by atoms with Crippen LogP contribution in [0.1, 0.15) is 39.0 Å². The number of aliphatic carboxylic acids is 1. The second-order valence-electron chi connectivity index (χ2n) is 6.47. The van der Waals surface area contributed by atoms with Gasteiger partial charge in [-0.05, 0) is 59.2 Å². The summed E-state index contributed by atoms with van der Waals surface area (Å²) in [5, 5.41) is 9.00. The molecule has 3 atom stereocenters. The summed E-state index contributed by atoms with van der Waals surface area (Å²) in [5.41, 5.74) is 4.68. The van der Waals surface area contributed by atoms with Crippen LogP contribution in [0, 0.1) is 0 Å². The van der Waals surface area contributed by atoms with E-state index in [1.807, 2.05) is 0 Å². The minimum atomic E-state index is -1.08. The molecule has 110 valence electrons. The molecular formula is C14H27N3O2. The molecular weight excluding hydrogens is 242 g/mol. The first-order chi connectivity index (χ1) is 8.90. The molecule has 19 heavy (non-hydrogen) atoms. The number of nitrogens with zero attached hydrogens (tertiary/aromatic N) is 2. The number of hydrogen-bond acceptors (Lipinski definition) is 4. The van der Waals surface area contributed by atoms with Crippen LogP contribution in [0.25, 0.3) is 0 Å². The molecule has 2 aliphatic rings. The number of hydrogen-bond donors (Lipinski definition) is 2. The number of nitrogens with two attached hydrogens (primary N) is 1. The Morgan fingerprint density at radius 3 is 2.74 bits per heavy atom. The highest BCUT2D eigenvalue weighted by molar-refractivity contribution is 5.77. The van der Waals surface area contributed by atoms with Crippen LogP contribution in [-0.4, -0.2) is 65.2 Å². The van der Waals surface area contributed by atoms with Crippen LogP contribution < -0.4 is 5.73 Å². The molecule has 5 heteroatoms. The molecule has 3 unspecified atom stereocenters. The monoisotopic (exact) mass is 269 g/mol. The van der Waals surface area contributed by atoms with Crippen molar-refractivity contribution < 1.29 is 9.90 Å². The van der Waals surface area contributed by atoms with E-state index in [0.717, 1.165) is 32.1 Å². The highest BCUT2D eigenvalue weighted by Crippen LogP contribution is 2.28. The maximum absolute atomic E-state index is 11.0. The lowest BCUT2D eigenvalue weighted by Gasteiger charge is -2.27. The first-order valence-corrected chi connectivity index (χ1v) is 7.37. The van der Waals surface area contributed by atoms with Gasteiger partial charge in [-0.1, -0.05) is 0 Å². The van der Waals surface area contributed by atoms with Crippen LogP contribution in [0.3, 0.4) is 0 Å². The molecule has 0 aromatic heterocycles. The van der Waals surface area contributed by atoms with Crippen molar-refractivity contribution in [2.24, 2.45) is 5.73 Å². The van der Waals surface area contributed by atoms with Crippen LogP contribution in [0.2, 0.25) is 0 Å². The van der Waals surface area contributed by atoms with Crippen molar-refractivity contribution in [3.63, 3.8) is 0 Å². The normalized spacial score (nSPS) is 31.9. The van der Waals surface area contributed by atoms with Gasteiger partial charge in [0.2, 0.25) is 0 Å². The van der Waals surface area contributed by atoms with Crippen LogP contribution in [0.5, 0.6) is 0 Å². The van der Waals surface area contributed by atoms with Gasteiger partial charge in [-0.2, -0.15) is 0 Å². The van der Waals surface area contributed by atoms with E-state index in [1.54, 1.807) is 6.92 Å². The third-order valence-corrected chi connectivity index (χ3v) is 4.89. The lowest BCUT2D eigenvalue weighted by Crippen LogP contribution is -2.45. The zero-order valence-electron chi connectivity index (χ0n) is 12.1. The summed E-state index contributed by atoms with van der Waals surface area (Å²) in [6, 6.07) is 1.45. The highest BCUT2D eigenvalue weighted by Gasteiger charge is 2.34. The number of carboxylic acid groups (broad SMARTS) is 1. The molecule has 0 radical (unpaired) electrons. The minimum absolute atomic E-state index is 0.544. The molecule has 0 aromatic rings. The Kier molecular flexibility index (Phi) is 4.48. The van der Waals surface area contributed by atoms with Gasteiger partial charge in [0.05, 0.1) is 0 Å². The van der Waals surface area contributed by atoms with E-state index >= 15 is 0 Å². The van der Waals surface area contributed by atoms with Crippen molar-refractivity contribution >= 4 is 5.97 Å². The summed E-state index contributed by atoms with van der Waals surface area (Å²) in [4.78, 5) is 16.0. The van der Waals surface area contributed by atoms with Gasteiger partial charge in [-0.15, -0.1) is 0 Å². The van der Waals surface area contributed by atoms with Gasteiger partial charge in [0, 0.05) is 18.6 Å². The van der Waals surface area contributed by atoms with Crippen molar-refractivity contribution in [2.75, 3.05) is 26.7 Å². The zero-order chi connectivity index (χ0) is 14.0. The molecule has 0 amide bonds. The van der Waals surface area contributed by atoms with E-state index in [0.29, 0.717) is 12.5 Å². The number of likely N-dealkylation sites (tertiary alicyclic amines) is 1. The Hall–Kier alpha value is -0.650. The molecule has 3 N–H and O–H groups in total. The van der Waals surface area contributed by atoms with E-state index in [9.17, 15) is 4.79 Å². The fraction of sp³-hybridized carbons (Fsp3) is 0.929. The minimum Gasteiger partial charge on any atom is -0.480 e. The summed E-state index contributed by atoms with van der Waals surface area (Å²) in [5.74, 6) is -0.901. The van der Waals surface area contributed by atoms with Gasteiger partial charge in [0.25, 0.3) is 0 Å². The molecule has 0 aliphatic carbocycles. The topological polar surface area (TPSA) is 69.8 Å². The highest BCUT2D eigenvalue weighted by atomic mass is 16.4. The zero-order valence-corrected chi connectivity index (χ0v) is 12.1. The molecule has 2 saturated heterocycles. The maximum atomic E-state index is 11.0. The lowest BCUT2D eigenvalue weighted by molar-refractivity contribution is -0.142. The Bertz CT molecular complexity index is 333. The average Bonchev–Trinajstić information content (AvgIpc) is 2.56. The van der Waals surface area contributed by atoms with Gasteiger partial charge < -0.3 is 15.7 Å². The quantitative estimate of drug-likeness (QED) is 0.770. The predicted molar refractivity (Wildman–Crippen MR) is 75.1 cm³/mol. The fourth-order valence-corrected chi connectivity index (χ4v) is 3.36. The third-order valence-electron chi connectivity index (χ3n) is 4.89. The molecule has 2 rings (SSSR count).